The van der Waals surface area contributed by atoms with E-state index >= 15 is 0 Å². The first-order chi connectivity index (χ1) is 15.3. The third kappa shape index (κ3) is 4.37. The van der Waals surface area contributed by atoms with Crippen LogP contribution >= 0.6 is 0 Å². The Morgan fingerprint density at radius 1 is 1.16 bits per heavy atom. The number of piperidine rings is 1. The Morgan fingerprint density at radius 2 is 1.88 bits per heavy atom. The van der Waals surface area contributed by atoms with Gasteiger partial charge in [-0.3, -0.25) is 4.79 Å². The minimum Gasteiger partial charge on any atom is -0.354 e. The van der Waals surface area contributed by atoms with Gasteiger partial charge in [0.25, 0.3) is 0 Å². The van der Waals surface area contributed by atoms with Gasteiger partial charge in [-0.2, -0.15) is 4.31 Å². The van der Waals surface area contributed by atoms with Crippen LogP contribution in [0.5, 0.6) is 0 Å². The molecule has 1 aliphatic rings. The number of aryl methyl sites for hydroxylation is 1. The van der Waals surface area contributed by atoms with E-state index in [4.69, 9.17) is 0 Å². The number of hydrogen-bond donors (Lipinski definition) is 1. The molecule has 7 nitrogen and oxygen atoms in total. The number of carbonyl (C=O) groups excluding carboxylic acids is 1. The number of nitrogens with one attached hydrogen (secondary N) is 1. The number of carbonyl (C=O) groups is 1. The number of fused-ring (bicyclic) bond motifs is 1. The van der Waals surface area contributed by atoms with E-state index in [1.54, 1.807) is 0 Å². The molecule has 170 valence electrons. The second kappa shape index (κ2) is 8.95. The molecule has 1 fully saturated rings. The van der Waals surface area contributed by atoms with Gasteiger partial charge in [-0.15, -0.1) is 0 Å². The summed E-state index contributed by atoms with van der Waals surface area (Å²) in [6, 6.07) is 10.1. The predicted octanol–water partition coefficient (Wildman–Crippen LogP) is 2.84. The lowest BCUT2D eigenvalue weighted by atomic mass is 9.97. The van der Waals surface area contributed by atoms with E-state index in [-0.39, 0.29) is 24.9 Å². The number of sulfonamides is 1. The number of para-hydroxylation sites is 2. The smallest absolute Gasteiger partial charge is 0.246 e. The molecule has 0 saturated carbocycles. The van der Waals surface area contributed by atoms with Gasteiger partial charge in [-0.1, -0.05) is 12.1 Å². The standard InChI is InChI=1S/C22H24F2N4O3S/c1-15-26-19-4-2-3-5-20(19)28(15)13-10-25-22(29)16-8-11-27(12-9-16)32(30,31)21-14-17(23)6-7-18(21)24/h2-7,14,16H,8-13H2,1H3,(H,25,29). The highest BCUT2D eigenvalue weighted by molar-refractivity contribution is 7.89. The fourth-order valence-corrected chi connectivity index (χ4v) is 5.63. The van der Waals surface area contributed by atoms with Crippen LogP contribution < -0.4 is 5.32 Å². The molecule has 32 heavy (non-hydrogen) atoms. The SMILES string of the molecule is Cc1nc2ccccc2n1CCNC(=O)C1CCN(S(=O)(=O)c2cc(F)ccc2F)CC1. The first kappa shape index (κ1) is 22.3. The second-order valence-corrected chi connectivity index (χ2v) is 9.75. The lowest BCUT2D eigenvalue weighted by Crippen LogP contribution is -2.43. The molecule has 0 atom stereocenters. The Labute approximate surface area is 185 Å². The minimum atomic E-state index is -4.16. The molecule has 0 spiro atoms. The molecule has 2 heterocycles. The van der Waals surface area contributed by atoms with E-state index in [2.05, 4.69) is 10.3 Å². The van der Waals surface area contributed by atoms with Gasteiger partial charge in [-0.25, -0.2) is 22.2 Å². The number of rotatable bonds is 6. The monoisotopic (exact) mass is 462 g/mol. The molecule has 4 rings (SSSR count). The summed E-state index contributed by atoms with van der Waals surface area (Å²) in [5.74, 6) is -1.42. The van der Waals surface area contributed by atoms with Crippen molar-refractivity contribution < 1.29 is 22.0 Å². The normalized spacial score (nSPS) is 15.8. The number of amides is 1. The highest BCUT2D eigenvalue weighted by Gasteiger charge is 2.33. The van der Waals surface area contributed by atoms with Crippen molar-refractivity contribution in [3.63, 3.8) is 0 Å². The van der Waals surface area contributed by atoms with E-state index < -0.39 is 26.6 Å². The summed E-state index contributed by atoms with van der Waals surface area (Å²) < 4.78 is 55.9. The quantitative estimate of drug-likeness (QED) is 0.611. The summed E-state index contributed by atoms with van der Waals surface area (Å²) in [5, 5.41) is 2.92. The van der Waals surface area contributed by atoms with E-state index in [1.165, 1.54) is 0 Å². The van der Waals surface area contributed by atoms with E-state index in [0.29, 0.717) is 32.0 Å². The highest BCUT2D eigenvalue weighted by atomic mass is 32.2. The predicted molar refractivity (Wildman–Crippen MR) is 115 cm³/mol. The maximum atomic E-state index is 14.0. The van der Waals surface area contributed by atoms with Crippen LogP contribution in [0.4, 0.5) is 8.78 Å². The molecular weight excluding hydrogens is 438 g/mol. The Balaban J connectivity index is 1.32. The van der Waals surface area contributed by atoms with Crippen molar-refractivity contribution in [2.45, 2.75) is 31.2 Å². The molecule has 1 aliphatic heterocycles. The fraction of sp³-hybridized carbons (Fsp3) is 0.364. The molecule has 2 aromatic carbocycles. The van der Waals surface area contributed by atoms with Crippen molar-refractivity contribution in [1.29, 1.82) is 0 Å². The van der Waals surface area contributed by atoms with Gasteiger partial charge in [0.05, 0.1) is 11.0 Å². The van der Waals surface area contributed by atoms with Crippen molar-refractivity contribution >= 4 is 27.0 Å². The molecular formula is C22H24F2N4O3S. The van der Waals surface area contributed by atoms with Crippen LogP contribution in [0.25, 0.3) is 11.0 Å². The van der Waals surface area contributed by atoms with Gasteiger partial charge >= 0.3 is 0 Å². The third-order valence-corrected chi connectivity index (χ3v) is 7.73. The van der Waals surface area contributed by atoms with E-state index in [1.807, 2.05) is 35.8 Å². The molecule has 0 radical (unpaired) electrons. The van der Waals surface area contributed by atoms with Crippen LogP contribution in [0.1, 0.15) is 18.7 Å². The summed E-state index contributed by atoms with van der Waals surface area (Å²) in [4.78, 5) is 16.4. The van der Waals surface area contributed by atoms with E-state index in [0.717, 1.165) is 33.3 Å². The van der Waals surface area contributed by atoms with Gasteiger partial charge in [0, 0.05) is 32.1 Å². The van der Waals surface area contributed by atoms with Gasteiger partial charge < -0.3 is 9.88 Å². The fourth-order valence-electron chi connectivity index (χ4n) is 4.09. The maximum absolute atomic E-state index is 14.0. The van der Waals surface area contributed by atoms with Crippen molar-refractivity contribution in [2.24, 2.45) is 5.92 Å². The summed E-state index contributed by atoms with van der Waals surface area (Å²) in [7, 11) is -4.16. The summed E-state index contributed by atoms with van der Waals surface area (Å²) >= 11 is 0. The van der Waals surface area contributed by atoms with Crippen LogP contribution in [0.15, 0.2) is 47.4 Å². The Morgan fingerprint density at radius 3 is 2.62 bits per heavy atom. The minimum absolute atomic E-state index is 0.0711. The molecule has 1 amide bonds. The van der Waals surface area contributed by atoms with Crippen LogP contribution in [0, 0.1) is 24.5 Å². The highest BCUT2D eigenvalue weighted by Crippen LogP contribution is 2.26. The summed E-state index contributed by atoms with van der Waals surface area (Å²) in [5.41, 5.74) is 1.90. The maximum Gasteiger partial charge on any atom is 0.246 e. The molecule has 1 saturated heterocycles. The number of halogens is 2. The Bertz CT molecular complexity index is 1250. The van der Waals surface area contributed by atoms with Crippen LogP contribution in [-0.4, -0.2) is 47.8 Å². The average molecular weight is 463 g/mol. The molecule has 1 N–H and O–H groups in total. The summed E-state index contributed by atoms with van der Waals surface area (Å²) in [6.07, 6.45) is 0.629. The Hall–Kier alpha value is -2.85. The molecule has 10 heteroatoms. The molecule has 1 aromatic heterocycles. The zero-order chi connectivity index (χ0) is 22.9. The lowest BCUT2D eigenvalue weighted by Gasteiger charge is -2.30. The van der Waals surface area contributed by atoms with Gasteiger partial charge in [0.2, 0.25) is 15.9 Å². The average Bonchev–Trinajstić information content (AvgIpc) is 3.10. The van der Waals surface area contributed by atoms with Gasteiger partial charge in [0.1, 0.15) is 22.4 Å². The number of aromatic nitrogens is 2. The first-order valence-corrected chi connectivity index (χ1v) is 11.9. The topological polar surface area (TPSA) is 84.3 Å². The molecule has 3 aromatic rings. The van der Waals surface area contributed by atoms with Crippen molar-refractivity contribution in [1.82, 2.24) is 19.2 Å². The largest absolute Gasteiger partial charge is 0.354 e. The molecule has 0 aliphatic carbocycles. The van der Waals surface area contributed by atoms with Crippen molar-refractivity contribution in [3.05, 3.63) is 59.9 Å². The zero-order valence-corrected chi connectivity index (χ0v) is 18.4. The van der Waals surface area contributed by atoms with Crippen molar-refractivity contribution in [3.8, 4) is 0 Å². The zero-order valence-electron chi connectivity index (χ0n) is 17.6. The van der Waals surface area contributed by atoms with Crippen LogP contribution in [-0.2, 0) is 21.4 Å². The number of hydrogen-bond acceptors (Lipinski definition) is 4. The van der Waals surface area contributed by atoms with Crippen LogP contribution in [0.2, 0.25) is 0 Å². The molecule has 0 unspecified atom stereocenters. The van der Waals surface area contributed by atoms with Gasteiger partial charge in [0.15, 0.2) is 0 Å². The lowest BCUT2D eigenvalue weighted by molar-refractivity contribution is -0.126. The van der Waals surface area contributed by atoms with E-state index in [9.17, 15) is 22.0 Å². The van der Waals surface area contributed by atoms with Crippen LogP contribution in [0.3, 0.4) is 0 Å². The number of imidazole rings is 1. The third-order valence-electron chi connectivity index (χ3n) is 5.82. The second-order valence-electron chi connectivity index (χ2n) is 7.84. The Kier molecular flexibility index (Phi) is 6.25. The van der Waals surface area contributed by atoms with Gasteiger partial charge in [-0.05, 0) is 50.1 Å². The van der Waals surface area contributed by atoms with Crippen molar-refractivity contribution in [2.75, 3.05) is 19.6 Å². The number of nitrogens with zero attached hydrogens (tertiary/aromatic N) is 3. The summed E-state index contributed by atoms with van der Waals surface area (Å²) in [6.45, 7) is 3.06. The molecule has 0 bridgehead atoms. The number of benzene rings is 2. The first-order valence-electron chi connectivity index (χ1n) is 10.4.